The van der Waals surface area contributed by atoms with Crippen molar-refractivity contribution in [2.45, 2.75) is 25.9 Å². The SMILES string of the molecule is CCN(CC)CCCN1C(=O)C(O)(c2ccc3ccccc3c2)c2cc(Cl)ccc21. The van der Waals surface area contributed by atoms with Crippen LogP contribution in [0.1, 0.15) is 31.4 Å². The topological polar surface area (TPSA) is 43.8 Å². The number of carbonyl (C=O) groups excluding carboxylic acids is 1. The van der Waals surface area contributed by atoms with E-state index in [1.807, 2.05) is 48.5 Å². The van der Waals surface area contributed by atoms with E-state index in [1.165, 1.54) is 0 Å². The van der Waals surface area contributed by atoms with E-state index in [9.17, 15) is 9.90 Å². The lowest BCUT2D eigenvalue weighted by molar-refractivity contribution is -0.132. The first-order valence-corrected chi connectivity index (χ1v) is 10.9. The molecule has 156 valence electrons. The number of aliphatic hydroxyl groups is 1. The van der Waals surface area contributed by atoms with Crippen LogP contribution < -0.4 is 4.90 Å². The Morgan fingerprint density at radius 2 is 1.73 bits per heavy atom. The van der Waals surface area contributed by atoms with Crippen LogP contribution in [0.15, 0.2) is 60.7 Å². The van der Waals surface area contributed by atoms with Crippen molar-refractivity contribution in [3.8, 4) is 0 Å². The Bertz CT molecular complexity index is 1080. The fourth-order valence-electron chi connectivity index (χ4n) is 4.36. The summed E-state index contributed by atoms with van der Waals surface area (Å²) in [5, 5.41) is 14.3. The van der Waals surface area contributed by atoms with Crippen molar-refractivity contribution in [3.05, 3.63) is 76.8 Å². The predicted octanol–water partition coefficient (Wildman–Crippen LogP) is 4.81. The van der Waals surface area contributed by atoms with Gasteiger partial charge in [0.15, 0.2) is 5.60 Å². The number of hydrogen-bond donors (Lipinski definition) is 1. The highest BCUT2D eigenvalue weighted by molar-refractivity contribution is 6.31. The number of carbonyl (C=O) groups is 1. The molecule has 1 atom stereocenters. The zero-order chi connectivity index (χ0) is 21.3. The molecule has 1 amide bonds. The average Bonchev–Trinajstić information content (AvgIpc) is 2.98. The highest BCUT2D eigenvalue weighted by atomic mass is 35.5. The number of nitrogens with zero attached hydrogens (tertiary/aromatic N) is 2. The standard InChI is InChI=1S/C25H27ClN2O2/c1-3-27(4-2)14-7-15-28-23-13-12-21(26)17-22(23)25(30,24(28)29)20-11-10-18-8-5-6-9-19(18)16-20/h5-6,8-13,16-17,30H,3-4,7,14-15H2,1-2H3. The van der Waals surface area contributed by atoms with Crippen LogP contribution in [0.3, 0.4) is 0 Å². The molecule has 1 N–H and O–H groups in total. The molecule has 0 saturated carbocycles. The smallest absolute Gasteiger partial charge is 0.268 e. The van der Waals surface area contributed by atoms with Crippen LogP contribution in [0.25, 0.3) is 10.8 Å². The number of halogens is 1. The highest BCUT2D eigenvalue weighted by Gasteiger charge is 2.51. The minimum absolute atomic E-state index is 0.311. The molecule has 5 heteroatoms. The Labute approximate surface area is 182 Å². The lowest BCUT2D eigenvalue weighted by atomic mass is 9.86. The molecule has 1 unspecified atom stereocenters. The normalized spacial score (nSPS) is 18.4. The molecule has 0 radical (unpaired) electrons. The van der Waals surface area contributed by atoms with E-state index in [1.54, 1.807) is 17.0 Å². The Morgan fingerprint density at radius 3 is 2.47 bits per heavy atom. The maximum absolute atomic E-state index is 13.6. The molecule has 0 aliphatic carbocycles. The fourth-order valence-corrected chi connectivity index (χ4v) is 4.53. The molecule has 4 rings (SSSR count). The van der Waals surface area contributed by atoms with Gasteiger partial charge in [-0.1, -0.05) is 61.8 Å². The quantitative estimate of drug-likeness (QED) is 0.594. The Kier molecular flexibility index (Phi) is 5.83. The first kappa shape index (κ1) is 20.9. The Balaban J connectivity index is 1.72. The molecular formula is C25H27ClN2O2. The van der Waals surface area contributed by atoms with Crippen molar-refractivity contribution in [2.24, 2.45) is 0 Å². The van der Waals surface area contributed by atoms with Crippen molar-refractivity contribution in [1.29, 1.82) is 0 Å². The summed E-state index contributed by atoms with van der Waals surface area (Å²) in [6, 6.07) is 19.0. The van der Waals surface area contributed by atoms with E-state index in [0.29, 0.717) is 22.7 Å². The zero-order valence-electron chi connectivity index (χ0n) is 17.4. The van der Waals surface area contributed by atoms with Crippen LogP contribution in [-0.4, -0.2) is 42.1 Å². The summed E-state index contributed by atoms with van der Waals surface area (Å²) >= 11 is 6.26. The summed E-state index contributed by atoms with van der Waals surface area (Å²) in [4.78, 5) is 17.6. The summed E-state index contributed by atoms with van der Waals surface area (Å²) in [5.74, 6) is -0.311. The van der Waals surface area contributed by atoms with E-state index in [-0.39, 0.29) is 5.91 Å². The first-order chi connectivity index (χ1) is 14.5. The van der Waals surface area contributed by atoms with Gasteiger partial charge in [0, 0.05) is 17.1 Å². The van der Waals surface area contributed by atoms with Crippen molar-refractivity contribution in [1.82, 2.24) is 4.90 Å². The molecular weight excluding hydrogens is 396 g/mol. The molecule has 0 aromatic heterocycles. The van der Waals surface area contributed by atoms with Gasteiger partial charge in [-0.15, -0.1) is 0 Å². The van der Waals surface area contributed by atoms with E-state index in [4.69, 9.17) is 11.6 Å². The minimum Gasteiger partial charge on any atom is -0.372 e. The number of amides is 1. The van der Waals surface area contributed by atoms with Gasteiger partial charge in [0.25, 0.3) is 5.91 Å². The third-order valence-corrected chi connectivity index (χ3v) is 6.35. The van der Waals surface area contributed by atoms with Gasteiger partial charge in [0.1, 0.15) is 0 Å². The molecule has 30 heavy (non-hydrogen) atoms. The molecule has 0 fully saturated rings. The number of benzene rings is 3. The largest absolute Gasteiger partial charge is 0.372 e. The van der Waals surface area contributed by atoms with Crippen molar-refractivity contribution < 1.29 is 9.90 Å². The van der Waals surface area contributed by atoms with Gasteiger partial charge in [0.2, 0.25) is 0 Å². The van der Waals surface area contributed by atoms with Crippen LogP contribution in [0.2, 0.25) is 5.02 Å². The maximum atomic E-state index is 13.6. The van der Waals surface area contributed by atoms with Crippen molar-refractivity contribution in [2.75, 3.05) is 31.1 Å². The lowest BCUT2D eigenvalue weighted by Crippen LogP contribution is -2.42. The van der Waals surface area contributed by atoms with Gasteiger partial charge >= 0.3 is 0 Å². The fraction of sp³-hybridized carbons (Fsp3) is 0.320. The lowest BCUT2D eigenvalue weighted by Gasteiger charge is -2.25. The maximum Gasteiger partial charge on any atom is 0.268 e. The Hall–Kier alpha value is -2.40. The van der Waals surface area contributed by atoms with Crippen LogP contribution in [0, 0.1) is 0 Å². The number of rotatable bonds is 7. The molecule has 0 bridgehead atoms. The first-order valence-electron chi connectivity index (χ1n) is 10.5. The second kappa shape index (κ2) is 8.38. The molecule has 0 spiro atoms. The van der Waals surface area contributed by atoms with E-state index in [2.05, 4.69) is 18.7 Å². The molecule has 1 aliphatic heterocycles. The molecule has 1 aliphatic rings. The van der Waals surface area contributed by atoms with Gasteiger partial charge in [-0.25, -0.2) is 0 Å². The van der Waals surface area contributed by atoms with E-state index >= 15 is 0 Å². The second-order valence-corrected chi connectivity index (χ2v) is 8.21. The van der Waals surface area contributed by atoms with Crippen LogP contribution in [0.4, 0.5) is 5.69 Å². The minimum atomic E-state index is -1.74. The molecule has 3 aromatic carbocycles. The monoisotopic (exact) mass is 422 g/mol. The van der Waals surface area contributed by atoms with Gasteiger partial charge in [-0.05, 0) is 66.7 Å². The predicted molar refractivity (Wildman–Crippen MR) is 123 cm³/mol. The van der Waals surface area contributed by atoms with Gasteiger partial charge in [-0.3, -0.25) is 4.79 Å². The summed E-state index contributed by atoms with van der Waals surface area (Å²) < 4.78 is 0. The molecule has 3 aromatic rings. The van der Waals surface area contributed by atoms with Gasteiger partial charge in [0.05, 0.1) is 5.69 Å². The third kappa shape index (κ3) is 3.49. The summed E-state index contributed by atoms with van der Waals surface area (Å²) in [6.07, 6.45) is 0.837. The van der Waals surface area contributed by atoms with Crippen molar-refractivity contribution >= 4 is 34.0 Å². The zero-order valence-corrected chi connectivity index (χ0v) is 18.2. The van der Waals surface area contributed by atoms with E-state index in [0.717, 1.165) is 42.5 Å². The third-order valence-electron chi connectivity index (χ3n) is 6.11. The summed E-state index contributed by atoms with van der Waals surface area (Å²) in [5.41, 5.74) is 0.123. The van der Waals surface area contributed by atoms with Gasteiger partial charge in [-0.2, -0.15) is 0 Å². The van der Waals surface area contributed by atoms with Gasteiger partial charge < -0.3 is 14.9 Å². The van der Waals surface area contributed by atoms with Crippen LogP contribution >= 0.6 is 11.6 Å². The second-order valence-electron chi connectivity index (χ2n) is 7.77. The van der Waals surface area contributed by atoms with Crippen LogP contribution in [0.5, 0.6) is 0 Å². The van der Waals surface area contributed by atoms with Crippen molar-refractivity contribution in [3.63, 3.8) is 0 Å². The average molecular weight is 423 g/mol. The molecule has 4 nitrogen and oxygen atoms in total. The number of hydrogen-bond acceptors (Lipinski definition) is 3. The highest BCUT2D eigenvalue weighted by Crippen LogP contribution is 2.46. The molecule has 1 heterocycles. The summed E-state index contributed by atoms with van der Waals surface area (Å²) in [7, 11) is 0. The van der Waals surface area contributed by atoms with E-state index < -0.39 is 5.60 Å². The number of fused-ring (bicyclic) bond motifs is 2. The Morgan fingerprint density at radius 1 is 1.00 bits per heavy atom. The molecule has 0 saturated heterocycles. The van der Waals surface area contributed by atoms with Crippen LogP contribution in [-0.2, 0) is 10.4 Å². The summed E-state index contributed by atoms with van der Waals surface area (Å²) in [6.45, 7) is 7.71. The number of anilines is 1.